The number of fused-ring (bicyclic) bond motifs is 3. The van der Waals surface area contributed by atoms with Crippen LogP contribution in [0.15, 0.2) is 72.1 Å². The first-order chi connectivity index (χ1) is 17.6. The molecular weight excluding hydrogens is 474 g/mol. The summed E-state index contributed by atoms with van der Waals surface area (Å²) in [5.74, 6) is 0.806. The summed E-state index contributed by atoms with van der Waals surface area (Å²) in [6.07, 6.45) is 5.81. The molecule has 3 heterocycles. The molecule has 36 heavy (non-hydrogen) atoms. The summed E-state index contributed by atoms with van der Waals surface area (Å²) in [6.45, 7) is 2.85. The highest BCUT2D eigenvalue weighted by atomic mass is 32.2. The smallest absolute Gasteiger partial charge is 0.234 e. The first kappa shape index (κ1) is 23.4. The van der Waals surface area contributed by atoms with Crippen molar-refractivity contribution in [2.24, 2.45) is 0 Å². The number of anilines is 1. The number of amides is 1. The molecule has 5 aromatic rings. The molecule has 0 spiro atoms. The lowest BCUT2D eigenvalue weighted by atomic mass is 10.1. The molecule has 2 aromatic carbocycles. The molecule has 180 valence electrons. The Balaban J connectivity index is 1.30. The molecule has 10 heteroatoms. The lowest BCUT2D eigenvalue weighted by Crippen LogP contribution is -2.14. The summed E-state index contributed by atoms with van der Waals surface area (Å²) >= 11 is 1.28. The molecule has 5 rings (SSSR count). The average Bonchev–Trinajstić information content (AvgIpc) is 3.52. The maximum Gasteiger partial charge on any atom is 0.234 e. The Labute approximate surface area is 211 Å². The number of hydrogen-bond donors (Lipinski definition) is 1. The van der Waals surface area contributed by atoms with E-state index in [1.54, 1.807) is 28.8 Å². The van der Waals surface area contributed by atoms with Crippen molar-refractivity contribution in [2.75, 3.05) is 17.7 Å². The van der Waals surface area contributed by atoms with Crippen LogP contribution >= 0.6 is 11.8 Å². The molecule has 0 fully saturated rings. The molecule has 1 N–H and O–H groups in total. The Morgan fingerprint density at radius 3 is 2.81 bits per heavy atom. The Morgan fingerprint density at radius 1 is 1.14 bits per heavy atom. The molecule has 0 radical (unpaired) electrons. The van der Waals surface area contributed by atoms with Gasteiger partial charge in [-0.15, -0.1) is 10.2 Å². The molecular formula is C26H23N7O2S. The van der Waals surface area contributed by atoms with Crippen molar-refractivity contribution in [2.45, 2.75) is 24.9 Å². The van der Waals surface area contributed by atoms with Crippen LogP contribution in [-0.4, -0.2) is 42.5 Å². The number of nitriles is 1. The molecule has 0 bridgehead atoms. The Kier molecular flexibility index (Phi) is 6.82. The molecule has 0 atom stereocenters. The monoisotopic (exact) mass is 497 g/mol. The number of hydrogen-bond acceptors (Lipinski definition) is 7. The van der Waals surface area contributed by atoms with Gasteiger partial charge in [0.2, 0.25) is 5.91 Å². The Morgan fingerprint density at radius 2 is 2.00 bits per heavy atom. The number of aromatic nitrogens is 5. The van der Waals surface area contributed by atoms with E-state index >= 15 is 0 Å². The number of unbranched alkanes of at least 4 members (excludes halogenated alkanes) is 1. The van der Waals surface area contributed by atoms with E-state index in [0.717, 1.165) is 35.4 Å². The van der Waals surface area contributed by atoms with Gasteiger partial charge in [-0.1, -0.05) is 31.2 Å². The Hall–Kier alpha value is -4.36. The third kappa shape index (κ3) is 5.01. The zero-order valence-corrected chi connectivity index (χ0v) is 20.4. The van der Waals surface area contributed by atoms with Crippen LogP contribution in [0.5, 0.6) is 5.75 Å². The molecule has 0 saturated heterocycles. The third-order valence-electron chi connectivity index (χ3n) is 5.51. The second kappa shape index (κ2) is 10.5. The van der Waals surface area contributed by atoms with Crippen molar-refractivity contribution >= 4 is 34.5 Å². The highest BCUT2D eigenvalue weighted by Crippen LogP contribution is 2.26. The van der Waals surface area contributed by atoms with Crippen LogP contribution in [0.25, 0.3) is 22.4 Å². The lowest BCUT2D eigenvalue weighted by molar-refractivity contribution is -0.113. The molecule has 0 unspecified atom stereocenters. The van der Waals surface area contributed by atoms with E-state index in [2.05, 4.69) is 33.6 Å². The maximum absolute atomic E-state index is 12.4. The minimum absolute atomic E-state index is 0.153. The van der Waals surface area contributed by atoms with Gasteiger partial charge in [-0.2, -0.15) is 10.4 Å². The van der Waals surface area contributed by atoms with E-state index < -0.39 is 0 Å². The van der Waals surface area contributed by atoms with Gasteiger partial charge < -0.3 is 10.1 Å². The Bertz CT molecular complexity index is 1570. The van der Waals surface area contributed by atoms with Crippen LogP contribution in [0, 0.1) is 11.3 Å². The number of carbonyl (C=O) groups excluding carboxylic acids is 1. The molecule has 9 nitrogen and oxygen atoms in total. The molecule has 0 aliphatic rings. The maximum atomic E-state index is 12.4. The molecule has 0 saturated carbocycles. The number of rotatable bonds is 9. The van der Waals surface area contributed by atoms with Gasteiger partial charge in [0.25, 0.3) is 0 Å². The van der Waals surface area contributed by atoms with Gasteiger partial charge in [0.1, 0.15) is 11.3 Å². The SMILES string of the molecule is CCCCOc1ccc(-c2cc3c4nnc(SCC(=O)Nc5cccc(C#N)c5)n4ccn3n2)cc1. The zero-order valence-electron chi connectivity index (χ0n) is 19.6. The van der Waals surface area contributed by atoms with Crippen molar-refractivity contribution in [3.05, 3.63) is 72.6 Å². The second-order valence-corrected chi connectivity index (χ2v) is 9.03. The predicted octanol–water partition coefficient (Wildman–Crippen LogP) is 4.83. The van der Waals surface area contributed by atoms with Crippen molar-refractivity contribution < 1.29 is 9.53 Å². The highest BCUT2D eigenvalue weighted by Gasteiger charge is 2.14. The molecule has 0 aliphatic carbocycles. The summed E-state index contributed by atoms with van der Waals surface area (Å²) in [5, 5.41) is 25.7. The van der Waals surface area contributed by atoms with Crippen LogP contribution in [-0.2, 0) is 4.79 Å². The number of thioether (sulfide) groups is 1. The summed E-state index contributed by atoms with van der Waals surface area (Å²) in [7, 11) is 0. The van der Waals surface area contributed by atoms with Crippen molar-refractivity contribution in [3.63, 3.8) is 0 Å². The fraction of sp³-hybridized carbons (Fsp3) is 0.192. The fourth-order valence-electron chi connectivity index (χ4n) is 3.68. The lowest BCUT2D eigenvalue weighted by Gasteiger charge is -2.05. The number of nitrogens with one attached hydrogen (secondary N) is 1. The van der Waals surface area contributed by atoms with E-state index in [0.29, 0.717) is 28.7 Å². The minimum Gasteiger partial charge on any atom is -0.494 e. The van der Waals surface area contributed by atoms with E-state index in [1.165, 1.54) is 11.8 Å². The standard InChI is InChI=1S/C26H23N7O2S/c1-2-3-13-35-21-9-7-19(8-10-21)22-15-23-25-29-30-26(32(25)11-12-33(23)31-22)36-17-24(34)28-20-6-4-5-18(14-20)16-27/h4-12,14-15H,2-3,13,17H2,1H3,(H,28,34). The van der Waals surface area contributed by atoms with Gasteiger partial charge in [0, 0.05) is 23.6 Å². The van der Waals surface area contributed by atoms with Crippen LogP contribution in [0.3, 0.4) is 0 Å². The van der Waals surface area contributed by atoms with Crippen LogP contribution in [0.4, 0.5) is 5.69 Å². The largest absolute Gasteiger partial charge is 0.494 e. The summed E-state index contributed by atoms with van der Waals surface area (Å²) in [6, 6.07) is 18.7. The van der Waals surface area contributed by atoms with Gasteiger partial charge in [-0.05, 0) is 55.0 Å². The van der Waals surface area contributed by atoms with Crippen LogP contribution in [0.1, 0.15) is 25.3 Å². The number of benzene rings is 2. The summed E-state index contributed by atoms with van der Waals surface area (Å²) in [5.41, 5.74) is 4.34. The van der Waals surface area contributed by atoms with Crippen molar-refractivity contribution in [1.82, 2.24) is 24.2 Å². The number of carbonyl (C=O) groups is 1. The van der Waals surface area contributed by atoms with Crippen molar-refractivity contribution in [3.8, 4) is 23.1 Å². The summed E-state index contributed by atoms with van der Waals surface area (Å²) in [4.78, 5) is 12.4. The predicted molar refractivity (Wildman–Crippen MR) is 138 cm³/mol. The van der Waals surface area contributed by atoms with Gasteiger partial charge in [-0.3, -0.25) is 9.20 Å². The fourth-order valence-corrected chi connectivity index (χ4v) is 4.40. The number of nitrogens with zero attached hydrogens (tertiary/aromatic N) is 6. The van der Waals surface area contributed by atoms with Gasteiger partial charge >= 0.3 is 0 Å². The molecule has 0 aliphatic heterocycles. The first-order valence-corrected chi connectivity index (χ1v) is 12.5. The molecule has 3 aromatic heterocycles. The normalized spacial score (nSPS) is 11.0. The van der Waals surface area contributed by atoms with Gasteiger partial charge in [0.05, 0.1) is 29.7 Å². The van der Waals surface area contributed by atoms with Crippen LogP contribution < -0.4 is 10.1 Å². The minimum atomic E-state index is -0.193. The second-order valence-electron chi connectivity index (χ2n) is 8.09. The van der Waals surface area contributed by atoms with E-state index in [4.69, 9.17) is 10.00 Å². The van der Waals surface area contributed by atoms with Crippen molar-refractivity contribution in [1.29, 1.82) is 5.26 Å². The van der Waals surface area contributed by atoms with E-state index in [1.807, 2.05) is 47.1 Å². The topological polar surface area (TPSA) is 110 Å². The average molecular weight is 498 g/mol. The van der Waals surface area contributed by atoms with E-state index in [-0.39, 0.29) is 11.7 Å². The quantitative estimate of drug-likeness (QED) is 0.229. The molecule has 1 amide bonds. The van der Waals surface area contributed by atoms with E-state index in [9.17, 15) is 4.79 Å². The third-order valence-corrected chi connectivity index (χ3v) is 6.45. The zero-order chi connectivity index (χ0) is 24.9. The summed E-state index contributed by atoms with van der Waals surface area (Å²) < 4.78 is 9.37. The highest BCUT2D eigenvalue weighted by molar-refractivity contribution is 7.99. The number of ether oxygens (including phenoxy) is 1. The van der Waals surface area contributed by atoms with Gasteiger partial charge in [-0.25, -0.2) is 4.52 Å². The van der Waals surface area contributed by atoms with Gasteiger partial charge in [0.15, 0.2) is 10.8 Å². The first-order valence-electron chi connectivity index (χ1n) is 11.5. The van der Waals surface area contributed by atoms with Crippen LogP contribution in [0.2, 0.25) is 0 Å².